The van der Waals surface area contributed by atoms with Crippen molar-refractivity contribution >= 4 is 34.4 Å². The highest BCUT2D eigenvalue weighted by Crippen LogP contribution is 2.44. The fourth-order valence-electron chi connectivity index (χ4n) is 6.35. The number of amides is 2. The zero-order valence-electron chi connectivity index (χ0n) is 23.5. The van der Waals surface area contributed by atoms with Gasteiger partial charge in [0.25, 0.3) is 11.8 Å². The van der Waals surface area contributed by atoms with Crippen LogP contribution >= 0.6 is 11.6 Å². The Labute approximate surface area is 253 Å². The summed E-state index contributed by atoms with van der Waals surface area (Å²) < 4.78 is 25.9. The highest BCUT2D eigenvalue weighted by Gasteiger charge is 2.43. The third-order valence-electron chi connectivity index (χ3n) is 8.64. The number of rotatable bonds is 4. The van der Waals surface area contributed by atoms with Crippen LogP contribution in [0.4, 0.5) is 4.39 Å². The van der Waals surface area contributed by atoms with Crippen molar-refractivity contribution in [1.82, 2.24) is 10.2 Å². The van der Waals surface area contributed by atoms with Crippen molar-refractivity contribution in [3.8, 4) is 22.5 Å². The lowest BCUT2D eigenvalue weighted by Gasteiger charge is -2.39. The van der Waals surface area contributed by atoms with Gasteiger partial charge in [-0.15, -0.1) is 0 Å². The summed E-state index contributed by atoms with van der Waals surface area (Å²) in [6.07, 6.45) is 1.48. The second kappa shape index (κ2) is 10.7. The number of ether oxygens (including phenoxy) is 1. The number of hydrogen-bond acceptors (Lipinski definition) is 4. The molecule has 0 aliphatic carbocycles. The highest BCUT2D eigenvalue weighted by molar-refractivity contribution is 6.33. The summed E-state index contributed by atoms with van der Waals surface area (Å²) in [6, 6.07) is 24.9. The predicted octanol–water partition coefficient (Wildman–Crippen LogP) is 7.58. The molecule has 6 nitrogen and oxygen atoms in total. The summed E-state index contributed by atoms with van der Waals surface area (Å²) in [7, 11) is 1.55. The molecule has 1 N–H and O–H groups in total. The number of benzene rings is 4. The van der Waals surface area contributed by atoms with Gasteiger partial charge in [-0.05, 0) is 84.1 Å². The maximum absolute atomic E-state index is 13.7. The normalized spacial score (nSPS) is 15.6. The van der Waals surface area contributed by atoms with E-state index in [9.17, 15) is 14.0 Å². The van der Waals surface area contributed by atoms with Crippen LogP contribution in [0.5, 0.6) is 0 Å². The van der Waals surface area contributed by atoms with Crippen LogP contribution in [-0.2, 0) is 16.9 Å². The Balaban J connectivity index is 1.19. The monoisotopic (exact) mass is 594 g/mol. The largest absolute Gasteiger partial charge is 0.455 e. The molecular weight excluding hydrogens is 567 g/mol. The van der Waals surface area contributed by atoms with Gasteiger partial charge in [0, 0.05) is 47.2 Å². The van der Waals surface area contributed by atoms with Crippen molar-refractivity contribution in [2.24, 2.45) is 0 Å². The maximum Gasteiger partial charge on any atom is 0.255 e. The molecule has 1 fully saturated rings. The van der Waals surface area contributed by atoms with Crippen molar-refractivity contribution in [2.45, 2.75) is 25.0 Å². The second-order valence-corrected chi connectivity index (χ2v) is 11.4. The molecule has 43 heavy (non-hydrogen) atoms. The summed E-state index contributed by atoms with van der Waals surface area (Å²) >= 11 is 6.67. The third kappa shape index (κ3) is 4.69. The van der Waals surface area contributed by atoms with Gasteiger partial charge in [0.05, 0.1) is 17.8 Å². The average molecular weight is 595 g/mol. The van der Waals surface area contributed by atoms with E-state index >= 15 is 0 Å². The molecule has 0 radical (unpaired) electrons. The Bertz CT molecular complexity index is 1890. The van der Waals surface area contributed by atoms with Gasteiger partial charge in [-0.2, -0.15) is 0 Å². The number of piperidine rings is 1. The molecule has 0 bridgehead atoms. The van der Waals surface area contributed by atoms with E-state index in [2.05, 4.69) is 17.4 Å². The third-order valence-corrected chi connectivity index (χ3v) is 8.97. The number of likely N-dealkylation sites (tertiary alicyclic amines) is 1. The standard InChI is InChI=1S/C35H28ClFN2O4/c1-38-33(40)31-27-18-22(9-13-30(27)43-32(31)21-6-10-25(37)11-7-21)26-19-23(8-12-29(26)36)34(41)39-16-14-35(15-17-39)28-5-3-2-4-24(28)20-42-35/h2-13,18-19H,14-17,20H2,1H3,(H,38,40). The van der Waals surface area contributed by atoms with Gasteiger partial charge >= 0.3 is 0 Å². The first-order valence-electron chi connectivity index (χ1n) is 14.2. The van der Waals surface area contributed by atoms with Crippen molar-refractivity contribution in [3.05, 3.63) is 118 Å². The Morgan fingerprint density at radius 2 is 1.67 bits per heavy atom. The number of carbonyl (C=O) groups is 2. The predicted molar refractivity (Wildman–Crippen MR) is 163 cm³/mol. The number of nitrogens with one attached hydrogen (secondary N) is 1. The smallest absolute Gasteiger partial charge is 0.255 e. The van der Waals surface area contributed by atoms with Crippen LogP contribution in [0.3, 0.4) is 0 Å². The Morgan fingerprint density at radius 1 is 0.930 bits per heavy atom. The molecule has 3 heterocycles. The lowest BCUT2D eigenvalue weighted by Crippen LogP contribution is -2.45. The van der Waals surface area contributed by atoms with Gasteiger partial charge in [-0.1, -0.05) is 41.9 Å². The van der Waals surface area contributed by atoms with E-state index in [-0.39, 0.29) is 23.2 Å². The molecular formula is C35H28ClFN2O4. The topological polar surface area (TPSA) is 71.8 Å². The number of nitrogens with zero attached hydrogens (tertiary/aromatic N) is 1. The fourth-order valence-corrected chi connectivity index (χ4v) is 6.58. The van der Waals surface area contributed by atoms with E-state index in [0.717, 1.165) is 18.4 Å². The Morgan fingerprint density at radius 3 is 2.44 bits per heavy atom. The van der Waals surface area contributed by atoms with Crippen LogP contribution in [0.2, 0.25) is 5.02 Å². The summed E-state index contributed by atoms with van der Waals surface area (Å²) in [4.78, 5) is 28.6. The average Bonchev–Trinajstić information content (AvgIpc) is 3.60. The summed E-state index contributed by atoms with van der Waals surface area (Å²) in [5, 5.41) is 3.74. The van der Waals surface area contributed by atoms with Crippen molar-refractivity contribution < 1.29 is 23.1 Å². The van der Waals surface area contributed by atoms with Crippen LogP contribution < -0.4 is 5.32 Å². The zero-order valence-corrected chi connectivity index (χ0v) is 24.2. The van der Waals surface area contributed by atoms with Gasteiger partial charge in [-0.25, -0.2) is 4.39 Å². The Hall–Kier alpha value is -4.46. The Kier molecular flexibility index (Phi) is 6.79. The molecule has 1 spiro atoms. The van der Waals surface area contributed by atoms with Gasteiger partial charge in [0.15, 0.2) is 0 Å². The first-order valence-corrected chi connectivity index (χ1v) is 14.6. The van der Waals surface area contributed by atoms with Crippen LogP contribution in [-0.4, -0.2) is 36.9 Å². The minimum absolute atomic E-state index is 0.0620. The molecule has 8 heteroatoms. The van der Waals surface area contributed by atoms with Crippen LogP contribution in [0.1, 0.15) is 44.7 Å². The van der Waals surface area contributed by atoms with Gasteiger partial charge < -0.3 is 19.4 Å². The van der Waals surface area contributed by atoms with E-state index < -0.39 is 0 Å². The quantitative estimate of drug-likeness (QED) is 0.233. The molecule has 7 rings (SSSR count). The van der Waals surface area contributed by atoms with Crippen molar-refractivity contribution in [1.29, 1.82) is 0 Å². The lowest BCUT2D eigenvalue weighted by atomic mass is 9.83. The second-order valence-electron chi connectivity index (χ2n) is 11.0. The molecule has 1 aromatic heterocycles. The number of halogens is 2. The zero-order chi connectivity index (χ0) is 29.7. The van der Waals surface area contributed by atoms with Gasteiger partial charge in [0.2, 0.25) is 0 Å². The molecule has 4 aromatic carbocycles. The molecule has 2 aliphatic heterocycles. The number of furan rings is 1. The van der Waals surface area contributed by atoms with E-state index in [0.29, 0.717) is 63.7 Å². The molecule has 0 atom stereocenters. The van der Waals surface area contributed by atoms with Crippen molar-refractivity contribution in [2.75, 3.05) is 20.1 Å². The van der Waals surface area contributed by atoms with E-state index in [4.69, 9.17) is 20.8 Å². The van der Waals surface area contributed by atoms with Crippen molar-refractivity contribution in [3.63, 3.8) is 0 Å². The molecule has 0 saturated carbocycles. The minimum atomic E-state index is -0.381. The van der Waals surface area contributed by atoms with Gasteiger partial charge in [-0.3, -0.25) is 9.59 Å². The fraction of sp³-hybridized carbons (Fsp3) is 0.200. The molecule has 2 amide bonds. The highest BCUT2D eigenvalue weighted by atomic mass is 35.5. The first-order chi connectivity index (χ1) is 20.9. The molecule has 5 aromatic rings. The van der Waals surface area contributed by atoms with Crippen LogP contribution in [0.25, 0.3) is 33.4 Å². The minimum Gasteiger partial charge on any atom is -0.455 e. The lowest BCUT2D eigenvalue weighted by molar-refractivity contribution is -0.0741. The number of carbonyl (C=O) groups excluding carboxylic acids is 2. The maximum atomic E-state index is 13.7. The molecule has 2 aliphatic rings. The first kappa shape index (κ1) is 27.4. The van der Waals surface area contributed by atoms with E-state index in [1.807, 2.05) is 29.2 Å². The van der Waals surface area contributed by atoms with Crippen LogP contribution in [0.15, 0.2) is 89.3 Å². The van der Waals surface area contributed by atoms with E-state index in [1.54, 1.807) is 43.4 Å². The molecule has 1 saturated heterocycles. The molecule has 216 valence electrons. The van der Waals surface area contributed by atoms with E-state index in [1.165, 1.54) is 23.3 Å². The molecule has 0 unspecified atom stereocenters. The van der Waals surface area contributed by atoms with Crippen LogP contribution in [0, 0.1) is 5.82 Å². The number of fused-ring (bicyclic) bond motifs is 3. The number of hydrogen-bond donors (Lipinski definition) is 1. The summed E-state index contributed by atoms with van der Waals surface area (Å²) in [5.74, 6) is -0.428. The van der Waals surface area contributed by atoms with Gasteiger partial charge in [0.1, 0.15) is 17.2 Å². The summed E-state index contributed by atoms with van der Waals surface area (Å²) in [6.45, 7) is 1.79. The SMILES string of the molecule is CNC(=O)c1c(-c2ccc(F)cc2)oc2ccc(-c3cc(C(=O)N4CCC5(CC4)OCc4ccccc45)ccc3Cl)cc12. The summed E-state index contributed by atoms with van der Waals surface area (Å²) in [5.41, 5.74) is 5.50.